The van der Waals surface area contributed by atoms with Crippen molar-refractivity contribution >= 4 is 0 Å². The molecular weight excluding hydrogens is 324 g/mol. The van der Waals surface area contributed by atoms with Crippen molar-refractivity contribution in [3.8, 4) is 0 Å². The van der Waals surface area contributed by atoms with E-state index in [0.717, 1.165) is 29.2 Å². The first-order valence-electron chi connectivity index (χ1n) is 8.93. The Kier molecular flexibility index (Phi) is 6.41. The van der Waals surface area contributed by atoms with Crippen LogP contribution in [0.1, 0.15) is 35.7 Å². The molecule has 0 radical (unpaired) electrons. The number of aliphatic hydroxyl groups excluding tert-OH is 1. The van der Waals surface area contributed by atoms with E-state index in [-0.39, 0.29) is 12.6 Å². The maximum absolute atomic E-state index is 9.66. The van der Waals surface area contributed by atoms with Crippen LogP contribution in [0.15, 0.2) is 67.0 Å². The Bertz CT molecular complexity index is 756. The Morgan fingerprint density at radius 1 is 0.885 bits per heavy atom. The van der Waals surface area contributed by atoms with Crippen LogP contribution in [-0.4, -0.2) is 38.1 Å². The third-order valence-electron chi connectivity index (χ3n) is 4.28. The molecule has 0 unspecified atom stereocenters. The lowest BCUT2D eigenvalue weighted by Crippen LogP contribution is -2.33. The molecule has 3 aromatic rings. The molecule has 0 amide bonds. The summed E-state index contributed by atoms with van der Waals surface area (Å²) in [4.78, 5) is 16.0. The van der Waals surface area contributed by atoms with Gasteiger partial charge in [0, 0.05) is 31.2 Å². The standard InChI is InChI=1S/C21H24N4O/c1-2-17-8-7-9-18(24-17)16-25(14-15-26)21(19-10-3-5-12-22-19)20-11-4-6-13-23-20/h3-13,21,26H,2,14-16H2,1H3. The van der Waals surface area contributed by atoms with Gasteiger partial charge in [-0.15, -0.1) is 0 Å². The van der Waals surface area contributed by atoms with Crippen LogP contribution in [-0.2, 0) is 13.0 Å². The normalized spacial score (nSPS) is 11.2. The quantitative estimate of drug-likeness (QED) is 0.678. The van der Waals surface area contributed by atoms with Crippen molar-refractivity contribution in [3.05, 3.63) is 89.8 Å². The number of aryl methyl sites for hydroxylation is 1. The highest BCUT2D eigenvalue weighted by Crippen LogP contribution is 2.27. The number of aromatic nitrogens is 3. The average Bonchev–Trinajstić information content (AvgIpc) is 2.70. The summed E-state index contributed by atoms with van der Waals surface area (Å²) in [5, 5.41) is 9.66. The molecule has 0 spiro atoms. The molecule has 1 N–H and O–H groups in total. The highest BCUT2D eigenvalue weighted by molar-refractivity contribution is 5.23. The van der Waals surface area contributed by atoms with Gasteiger partial charge in [-0.1, -0.05) is 25.1 Å². The van der Waals surface area contributed by atoms with E-state index in [1.165, 1.54) is 0 Å². The van der Waals surface area contributed by atoms with Crippen LogP contribution in [0, 0.1) is 0 Å². The van der Waals surface area contributed by atoms with E-state index in [2.05, 4.69) is 21.8 Å². The Morgan fingerprint density at radius 2 is 1.54 bits per heavy atom. The van der Waals surface area contributed by atoms with Crippen molar-refractivity contribution in [1.82, 2.24) is 19.9 Å². The number of pyridine rings is 3. The van der Waals surface area contributed by atoms with Crippen molar-refractivity contribution in [2.24, 2.45) is 0 Å². The Morgan fingerprint density at radius 3 is 2.08 bits per heavy atom. The van der Waals surface area contributed by atoms with E-state index in [9.17, 15) is 5.11 Å². The summed E-state index contributed by atoms with van der Waals surface area (Å²) in [6.45, 7) is 3.29. The number of hydrogen-bond donors (Lipinski definition) is 1. The molecule has 0 saturated carbocycles. The first-order valence-corrected chi connectivity index (χ1v) is 8.93. The molecular formula is C21H24N4O. The third-order valence-corrected chi connectivity index (χ3v) is 4.28. The highest BCUT2D eigenvalue weighted by Gasteiger charge is 2.25. The lowest BCUT2D eigenvalue weighted by molar-refractivity contribution is 0.155. The SMILES string of the molecule is CCc1cccc(CN(CCO)C(c2ccccn2)c2ccccn2)n1. The van der Waals surface area contributed by atoms with Gasteiger partial charge in [0.25, 0.3) is 0 Å². The lowest BCUT2D eigenvalue weighted by Gasteiger charge is -2.30. The lowest BCUT2D eigenvalue weighted by atomic mass is 10.1. The minimum Gasteiger partial charge on any atom is -0.395 e. The van der Waals surface area contributed by atoms with Crippen molar-refractivity contribution < 1.29 is 5.11 Å². The van der Waals surface area contributed by atoms with Crippen molar-refractivity contribution in [2.45, 2.75) is 25.9 Å². The summed E-state index contributed by atoms with van der Waals surface area (Å²) in [7, 11) is 0. The van der Waals surface area contributed by atoms with Crippen molar-refractivity contribution in [2.75, 3.05) is 13.2 Å². The molecule has 0 fully saturated rings. The summed E-state index contributed by atoms with van der Waals surface area (Å²) in [5.74, 6) is 0. The molecule has 3 aromatic heterocycles. The predicted octanol–water partition coefficient (Wildman–Crippen LogP) is 3.02. The van der Waals surface area contributed by atoms with Crippen LogP contribution in [0.25, 0.3) is 0 Å². The van der Waals surface area contributed by atoms with E-state index in [4.69, 9.17) is 4.98 Å². The summed E-state index contributed by atoms with van der Waals surface area (Å²) < 4.78 is 0. The van der Waals surface area contributed by atoms with Crippen molar-refractivity contribution in [3.63, 3.8) is 0 Å². The molecule has 0 saturated heterocycles. The minimum absolute atomic E-state index is 0.0592. The number of aliphatic hydroxyl groups is 1. The zero-order valence-corrected chi connectivity index (χ0v) is 15.0. The Balaban J connectivity index is 1.97. The predicted molar refractivity (Wildman–Crippen MR) is 101 cm³/mol. The zero-order chi connectivity index (χ0) is 18.2. The van der Waals surface area contributed by atoms with Gasteiger partial charge in [-0.3, -0.25) is 19.9 Å². The van der Waals surface area contributed by atoms with Crippen molar-refractivity contribution in [1.29, 1.82) is 0 Å². The van der Waals surface area contributed by atoms with Gasteiger partial charge in [-0.05, 0) is 42.8 Å². The minimum atomic E-state index is -0.142. The second-order valence-corrected chi connectivity index (χ2v) is 6.08. The van der Waals surface area contributed by atoms with E-state index in [1.54, 1.807) is 12.4 Å². The second kappa shape index (κ2) is 9.17. The number of hydrogen-bond acceptors (Lipinski definition) is 5. The fourth-order valence-corrected chi connectivity index (χ4v) is 3.05. The van der Waals surface area contributed by atoms with Gasteiger partial charge in [0.05, 0.1) is 29.7 Å². The topological polar surface area (TPSA) is 62.1 Å². The van der Waals surface area contributed by atoms with Crippen LogP contribution in [0.2, 0.25) is 0 Å². The summed E-state index contributed by atoms with van der Waals surface area (Å²) in [6.07, 6.45) is 4.48. The van der Waals surface area contributed by atoms with Gasteiger partial charge in [0.2, 0.25) is 0 Å². The van der Waals surface area contributed by atoms with Crippen LogP contribution in [0.5, 0.6) is 0 Å². The molecule has 0 aromatic carbocycles. The molecule has 5 heteroatoms. The van der Waals surface area contributed by atoms with Gasteiger partial charge in [-0.25, -0.2) is 0 Å². The number of rotatable bonds is 8. The highest BCUT2D eigenvalue weighted by atomic mass is 16.3. The molecule has 0 aliphatic heterocycles. The maximum Gasteiger partial charge on any atom is 0.0954 e. The fourth-order valence-electron chi connectivity index (χ4n) is 3.05. The zero-order valence-electron chi connectivity index (χ0n) is 15.0. The second-order valence-electron chi connectivity index (χ2n) is 6.08. The molecule has 134 valence electrons. The molecule has 0 bridgehead atoms. The summed E-state index contributed by atoms with van der Waals surface area (Å²) in [6, 6.07) is 17.7. The van der Waals surface area contributed by atoms with Crippen LogP contribution < -0.4 is 0 Å². The number of nitrogens with zero attached hydrogens (tertiary/aromatic N) is 4. The van der Waals surface area contributed by atoms with Gasteiger partial charge in [0.15, 0.2) is 0 Å². The summed E-state index contributed by atoms with van der Waals surface area (Å²) in [5.41, 5.74) is 3.87. The van der Waals surface area contributed by atoms with Gasteiger partial charge in [-0.2, -0.15) is 0 Å². The molecule has 0 aliphatic rings. The Labute approximate surface area is 154 Å². The average molecular weight is 348 g/mol. The smallest absolute Gasteiger partial charge is 0.0954 e. The molecule has 0 aliphatic carbocycles. The molecule has 0 atom stereocenters. The van der Waals surface area contributed by atoms with Crippen LogP contribution in [0.3, 0.4) is 0 Å². The van der Waals surface area contributed by atoms with E-state index < -0.39 is 0 Å². The largest absolute Gasteiger partial charge is 0.395 e. The first kappa shape index (κ1) is 18.2. The molecule has 26 heavy (non-hydrogen) atoms. The maximum atomic E-state index is 9.66. The summed E-state index contributed by atoms with van der Waals surface area (Å²) >= 11 is 0. The molecule has 5 nitrogen and oxygen atoms in total. The van der Waals surface area contributed by atoms with E-state index in [1.807, 2.05) is 54.6 Å². The van der Waals surface area contributed by atoms with Crippen LogP contribution in [0.4, 0.5) is 0 Å². The molecule has 3 heterocycles. The Hall–Kier alpha value is -2.63. The fraction of sp³-hybridized carbons (Fsp3) is 0.286. The van der Waals surface area contributed by atoms with E-state index >= 15 is 0 Å². The van der Waals surface area contributed by atoms with Gasteiger partial charge < -0.3 is 5.11 Å². The first-order chi connectivity index (χ1) is 12.8. The van der Waals surface area contributed by atoms with Gasteiger partial charge >= 0.3 is 0 Å². The van der Waals surface area contributed by atoms with Gasteiger partial charge in [0.1, 0.15) is 0 Å². The third kappa shape index (κ3) is 4.50. The van der Waals surface area contributed by atoms with Crippen LogP contribution >= 0.6 is 0 Å². The van der Waals surface area contributed by atoms with E-state index in [0.29, 0.717) is 13.1 Å². The molecule has 3 rings (SSSR count). The monoisotopic (exact) mass is 348 g/mol.